The number of allylic oxidation sites excluding steroid dienone is 1. The maximum atomic E-state index is 12.7. The molecule has 3 amide bonds. The zero-order valence-electron chi connectivity index (χ0n) is 17.6. The maximum Gasteiger partial charge on any atom is 0.318 e. The number of carbonyl (C=O) groups excluding carboxylic acids is 2. The molecule has 28 heavy (non-hydrogen) atoms. The molecule has 6 nitrogen and oxygen atoms in total. The van der Waals surface area contributed by atoms with Crippen LogP contribution in [-0.4, -0.2) is 65.2 Å². The number of benzene rings is 1. The number of amides is 3. The van der Waals surface area contributed by atoms with Crippen molar-refractivity contribution in [2.45, 2.75) is 58.2 Å². The maximum absolute atomic E-state index is 12.7. The lowest BCUT2D eigenvalue weighted by Gasteiger charge is -2.55. The zero-order chi connectivity index (χ0) is 20.8. The number of carbonyl (C=O) groups is 2. The van der Waals surface area contributed by atoms with Crippen LogP contribution in [0.4, 0.5) is 4.79 Å². The second-order valence-corrected chi connectivity index (χ2v) is 7.65. The topological polar surface area (TPSA) is 72.9 Å². The first-order valence-electron chi connectivity index (χ1n) is 10.00. The Hall–Kier alpha value is -2.34. The third-order valence-electron chi connectivity index (χ3n) is 5.25. The molecule has 6 heteroatoms. The van der Waals surface area contributed by atoms with E-state index in [2.05, 4.69) is 17.4 Å². The predicted octanol–water partition coefficient (Wildman–Crippen LogP) is 2.83. The van der Waals surface area contributed by atoms with E-state index in [0.717, 1.165) is 11.1 Å². The number of hydrogen-bond acceptors (Lipinski definition) is 3. The molecule has 0 aliphatic carbocycles. The standard InChI is InChI=1S/C22H33N3O3/c1-6-8-16-9-11-17(12-10-16)21-18(13-24(5)20(27)7-2)25(19(21)14-26)22(28)23-15(3)4/h6,8-12,15,18-19,21,26H,7,13-14H2,1-5H3,(H,23,28)/t18-,19+,21+/m1/s1. The summed E-state index contributed by atoms with van der Waals surface area (Å²) in [6, 6.07) is 7.51. The fourth-order valence-electron chi connectivity index (χ4n) is 3.89. The highest BCUT2D eigenvalue weighted by Crippen LogP contribution is 2.41. The lowest BCUT2D eigenvalue weighted by molar-refractivity contribution is -0.131. The van der Waals surface area contributed by atoms with Crippen LogP contribution >= 0.6 is 0 Å². The Labute approximate surface area is 168 Å². The molecule has 2 rings (SSSR count). The van der Waals surface area contributed by atoms with Gasteiger partial charge in [0.05, 0.1) is 18.7 Å². The van der Waals surface area contributed by atoms with Gasteiger partial charge in [-0.3, -0.25) is 4.79 Å². The van der Waals surface area contributed by atoms with Crippen LogP contribution in [-0.2, 0) is 4.79 Å². The van der Waals surface area contributed by atoms with E-state index in [4.69, 9.17) is 0 Å². The molecule has 3 atom stereocenters. The van der Waals surface area contributed by atoms with Crippen LogP contribution in [0.3, 0.4) is 0 Å². The van der Waals surface area contributed by atoms with Gasteiger partial charge in [-0.05, 0) is 31.9 Å². The predicted molar refractivity (Wildman–Crippen MR) is 112 cm³/mol. The van der Waals surface area contributed by atoms with Gasteiger partial charge in [0.2, 0.25) is 5.91 Å². The third-order valence-corrected chi connectivity index (χ3v) is 5.25. The molecule has 154 valence electrons. The summed E-state index contributed by atoms with van der Waals surface area (Å²) < 4.78 is 0. The average molecular weight is 388 g/mol. The SMILES string of the molecule is CC=Cc1ccc([C@H]2[C@@H](CN(C)C(=O)CC)N(C(=O)NC(C)C)[C@H]2CO)cc1. The van der Waals surface area contributed by atoms with Crippen molar-refractivity contribution in [1.82, 2.24) is 15.1 Å². The fraction of sp³-hybridized carbons (Fsp3) is 0.545. The van der Waals surface area contributed by atoms with Crippen molar-refractivity contribution < 1.29 is 14.7 Å². The number of urea groups is 1. The first-order chi connectivity index (χ1) is 13.3. The largest absolute Gasteiger partial charge is 0.394 e. The Morgan fingerprint density at radius 1 is 1.25 bits per heavy atom. The Bertz CT molecular complexity index is 699. The summed E-state index contributed by atoms with van der Waals surface area (Å²) in [5, 5.41) is 12.9. The van der Waals surface area contributed by atoms with Gasteiger partial charge in [-0.15, -0.1) is 0 Å². The number of hydrogen-bond donors (Lipinski definition) is 2. The van der Waals surface area contributed by atoms with Gasteiger partial charge >= 0.3 is 6.03 Å². The highest BCUT2D eigenvalue weighted by molar-refractivity contribution is 5.78. The van der Waals surface area contributed by atoms with E-state index >= 15 is 0 Å². The molecule has 1 aromatic rings. The normalized spacial score (nSPS) is 21.7. The van der Waals surface area contributed by atoms with Gasteiger partial charge in [-0.1, -0.05) is 43.3 Å². The smallest absolute Gasteiger partial charge is 0.318 e. The number of aliphatic hydroxyl groups excluding tert-OH is 1. The number of rotatable bonds is 7. The van der Waals surface area contributed by atoms with E-state index in [1.807, 2.05) is 52.0 Å². The van der Waals surface area contributed by atoms with E-state index < -0.39 is 0 Å². The van der Waals surface area contributed by atoms with E-state index in [1.165, 1.54) is 0 Å². The van der Waals surface area contributed by atoms with Crippen molar-refractivity contribution in [2.75, 3.05) is 20.2 Å². The molecule has 1 aromatic carbocycles. The molecule has 2 N–H and O–H groups in total. The van der Waals surface area contributed by atoms with Gasteiger partial charge in [0.1, 0.15) is 0 Å². The first kappa shape index (κ1) is 22.0. The van der Waals surface area contributed by atoms with Crippen LogP contribution in [0.5, 0.6) is 0 Å². The molecule has 1 aliphatic rings. The van der Waals surface area contributed by atoms with E-state index in [-0.39, 0.29) is 42.6 Å². The zero-order valence-corrected chi connectivity index (χ0v) is 17.6. The highest BCUT2D eigenvalue weighted by atomic mass is 16.3. The number of aliphatic hydroxyl groups is 1. The van der Waals surface area contributed by atoms with Gasteiger partial charge in [-0.2, -0.15) is 0 Å². The highest BCUT2D eigenvalue weighted by Gasteiger charge is 2.51. The van der Waals surface area contributed by atoms with Crippen molar-refractivity contribution >= 4 is 18.0 Å². The van der Waals surface area contributed by atoms with Crippen LogP contribution in [0.15, 0.2) is 30.3 Å². The Morgan fingerprint density at radius 3 is 2.39 bits per heavy atom. The lowest BCUT2D eigenvalue weighted by Crippen LogP contribution is -2.70. The third kappa shape index (κ3) is 4.73. The fourth-order valence-corrected chi connectivity index (χ4v) is 3.89. The van der Waals surface area contributed by atoms with E-state index in [9.17, 15) is 14.7 Å². The molecule has 0 saturated carbocycles. The van der Waals surface area contributed by atoms with E-state index in [0.29, 0.717) is 13.0 Å². The molecule has 0 unspecified atom stereocenters. The number of likely N-dealkylation sites (tertiary alicyclic amines) is 1. The molecular formula is C22H33N3O3. The summed E-state index contributed by atoms with van der Waals surface area (Å²) in [5.41, 5.74) is 2.18. The van der Waals surface area contributed by atoms with Gasteiger partial charge in [0, 0.05) is 32.0 Å². The Kier molecular flexibility index (Phi) is 7.63. The molecule has 0 aromatic heterocycles. The Morgan fingerprint density at radius 2 is 1.89 bits per heavy atom. The Balaban J connectivity index is 2.31. The molecule has 1 aliphatic heterocycles. The van der Waals surface area contributed by atoms with Crippen LogP contribution in [0, 0.1) is 0 Å². The average Bonchev–Trinajstić information content (AvgIpc) is 2.64. The summed E-state index contributed by atoms with van der Waals surface area (Å²) in [4.78, 5) is 28.2. The van der Waals surface area contributed by atoms with Crippen molar-refractivity contribution in [3.05, 3.63) is 41.5 Å². The van der Waals surface area contributed by atoms with Crippen molar-refractivity contribution in [2.24, 2.45) is 0 Å². The second kappa shape index (κ2) is 9.73. The second-order valence-electron chi connectivity index (χ2n) is 7.65. The number of likely N-dealkylation sites (N-methyl/N-ethyl adjacent to an activating group) is 1. The molecular weight excluding hydrogens is 354 g/mol. The summed E-state index contributed by atoms with van der Waals surface area (Å²) in [6.45, 7) is 7.95. The van der Waals surface area contributed by atoms with Crippen LogP contribution < -0.4 is 5.32 Å². The van der Waals surface area contributed by atoms with Crippen molar-refractivity contribution in [1.29, 1.82) is 0 Å². The minimum absolute atomic E-state index is 0.00154. The lowest BCUT2D eigenvalue weighted by atomic mass is 9.75. The number of nitrogens with one attached hydrogen (secondary N) is 1. The summed E-state index contributed by atoms with van der Waals surface area (Å²) in [7, 11) is 1.77. The van der Waals surface area contributed by atoms with Crippen LogP contribution in [0.25, 0.3) is 6.08 Å². The molecule has 0 spiro atoms. The summed E-state index contributed by atoms with van der Waals surface area (Å²) in [6.07, 6.45) is 4.44. The minimum Gasteiger partial charge on any atom is -0.394 e. The minimum atomic E-state index is -0.304. The molecule has 0 radical (unpaired) electrons. The molecule has 1 saturated heterocycles. The van der Waals surface area contributed by atoms with Gasteiger partial charge in [0.25, 0.3) is 0 Å². The van der Waals surface area contributed by atoms with Crippen LogP contribution in [0.1, 0.15) is 51.2 Å². The molecule has 1 fully saturated rings. The summed E-state index contributed by atoms with van der Waals surface area (Å²) in [5.74, 6) is 0.0218. The first-order valence-corrected chi connectivity index (χ1v) is 10.00. The monoisotopic (exact) mass is 387 g/mol. The van der Waals surface area contributed by atoms with Gasteiger partial charge < -0.3 is 20.2 Å². The molecule has 1 heterocycles. The molecule has 0 bridgehead atoms. The quantitative estimate of drug-likeness (QED) is 0.756. The van der Waals surface area contributed by atoms with Crippen molar-refractivity contribution in [3.8, 4) is 0 Å². The van der Waals surface area contributed by atoms with Crippen LogP contribution in [0.2, 0.25) is 0 Å². The number of nitrogens with zero attached hydrogens (tertiary/aromatic N) is 2. The summed E-state index contributed by atoms with van der Waals surface area (Å²) >= 11 is 0. The van der Waals surface area contributed by atoms with Crippen molar-refractivity contribution in [3.63, 3.8) is 0 Å². The van der Waals surface area contributed by atoms with E-state index in [1.54, 1.807) is 16.8 Å². The van der Waals surface area contributed by atoms with Gasteiger partial charge in [-0.25, -0.2) is 4.79 Å². The van der Waals surface area contributed by atoms with Gasteiger partial charge in [0.15, 0.2) is 0 Å².